The molecule has 2 aromatic carbocycles. The van der Waals surface area contributed by atoms with Gasteiger partial charge in [-0.1, -0.05) is 53.2 Å². The molecule has 1 aliphatic rings. The summed E-state index contributed by atoms with van der Waals surface area (Å²) in [6, 6.07) is 17.8. The molecule has 0 saturated heterocycles. The molecule has 1 saturated carbocycles. The summed E-state index contributed by atoms with van der Waals surface area (Å²) in [5.74, 6) is 1.80. The largest absolute Gasteiger partial charge is 0.381 e. The molecule has 0 amide bonds. The molecular weight excluding hydrogens is 342 g/mol. The highest BCUT2D eigenvalue weighted by atomic mass is 79.9. The molecule has 1 aliphatic carbocycles. The van der Waals surface area contributed by atoms with Gasteiger partial charge in [0, 0.05) is 21.1 Å². The zero-order valence-corrected chi connectivity index (χ0v) is 14.6. The Balaban J connectivity index is 1.62. The fourth-order valence-electron chi connectivity index (χ4n) is 2.88. The third-order valence-corrected chi connectivity index (χ3v) is 5.71. The van der Waals surface area contributed by atoms with Gasteiger partial charge in [-0.05, 0) is 48.3 Å². The summed E-state index contributed by atoms with van der Waals surface area (Å²) < 4.78 is 1.25. The van der Waals surface area contributed by atoms with Gasteiger partial charge in [0.2, 0.25) is 0 Å². The van der Waals surface area contributed by atoms with Gasteiger partial charge in [0.05, 0.1) is 0 Å². The molecule has 1 fully saturated rings. The summed E-state index contributed by atoms with van der Waals surface area (Å²) >= 11 is 5.57. The van der Waals surface area contributed by atoms with E-state index < -0.39 is 0 Å². The number of nitrogens with one attached hydrogen (secondary N) is 1. The lowest BCUT2D eigenvalue weighted by Gasteiger charge is -2.37. The van der Waals surface area contributed by atoms with E-state index in [9.17, 15) is 0 Å². The molecule has 21 heavy (non-hydrogen) atoms. The van der Waals surface area contributed by atoms with Crippen molar-refractivity contribution in [2.75, 3.05) is 11.1 Å². The van der Waals surface area contributed by atoms with Crippen molar-refractivity contribution in [3.63, 3.8) is 0 Å². The van der Waals surface area contributed by atoms with Crippen molar-refractivity contribution in [1.29, 1.82) is 0 Å². The minimum Gasteiger partial charge on any atom is -0.381 e. The Labute approximate surface area is 139 Å². The molecule has 110 valence electrons. The maximum Gasteiger partial charge on any atom is 0.0480 e. The summed E-state index contributed by atoms with van der Waals surface area (Å²) in [6.45, 7) is 2.20. The van der Waals surface area contributed by atoms with Crippen molar-refractivity contribution in [2.45, 2.75) is 36.6 Å². The molecule has 1 nitrogen and oxygen atoms in total. The normalized spacial score (nSPS) is 20.9. The van der Waals surface area contributed by atoms with Crippen molar-refractivity contribution in [3.05, 3.63) is 58.6 Å². The molecular formula is C18H20BrNS. The van der Waals surface area contributed by atoms with E-state index in [4.69, 9.17) is 0 Å². The lowest BCUT2D eigenvalue weighted by molar-refractivity contribution is 0.372. The Bertz CT molecular complexity index is 608. The Morgan fingerprint density at radius 3 is 2.57 bits per heavy atom. The Morgan fingerprint density at radius 2 is 1.81 bits per heavy atom. The first-order chi connectivity index (χ1) is 10.3. The Kier molecular flexibility index (Phi) is 4.91. The second kappa shape index (κ2) is 6.89. The topological polar surface area (TPSA) is 12.0 Å². The SMILES string of the molecule is CCSc1ccccc1NC1CC(c2ccccc2Br)C1. The summed E-state index contributed by atoms with van der Waals surface area (Å²) in [4.78, 5) is 1.37. The third-order valence-electron chi connectivity index (χ3n) is 4.03. The molecule has 0 spiro atoms. The molecule has 0 aromatic heterocycles. The van der Waals surface area contributed by atoms with E-state index in [1.807, 2.05) is 11.8 Å². The predicted octanol–water partition coefficient (Wildman–Crippen LogP) is 5.92. The highest BCUT2D eigenvalue weighted by molar-refractivity contribution is 9.10. The molecule has 0 bridgehead atoms. The number of thioether (sulfide) groups is 1. The Morgan fingerprint density at radius 1 is 1.10 bits per heavy atom. The van der Waals surface area contributed by atoms with E-state index in [0.717, 1.165) is 5.75 Å². The van der Waals surface area contributed by atoms with Crippen LogP contribution in [0.2, 0.25) is 0 Å². The van der Waals surface area contributed by atoms with Crippen LogP contribution in [0.5, 0.6) is 0 Å². The monoisotopic (exact) mass is 361 g/mol. The first kappa shape index (κ1) is 15.0. The van der Waals surface area contributed by atoms with Crippen LogP contribution in [0.3, 0.4) is 0 Å². The van der Waals surface area contributed by atoms with Gasteiger partial charge in [-0.15, -0.1) is 11.8 Å². The van der Waals surface area contributed by atoms with Crippen LogP contribution in [0, 0.1) is 0 Å². The first-order valence-electron chi connectivity index (χ1n) is 7.50. The lowest BCUT2D eigenvalue weighted by Crippen LogP contribution is -2.34. The molecule has 0 atom stereocenters. The zero-order valence-electron chi connectivity index (χ0n) is 12.2. The predicted molar refractivity (Wildman–Crippen MR) is 96.4 cm³/mol. The average Bonchev–Trinajstić information content (AvgIpc) is 2.45. The first-order valence-corrected chi connectivity index (χ1v) is 9.28. The quantitative estimate of drug-likeness (QED) is 0.663. The van der Waals surface area contributed by atoms with Crippen LogP contribution in [0.1, 0.15) is 31.2 Å². The average molecular weight is 362 g/mol. The minimum absolute atomic E-state index is 0.598. The number of halogens is 1. The highest BCUT2D eigenvalue weighted by Crippen LogP contribution is 2.42. The molecule has 0 heterocycles. The van der Waals surface area contributed by atoms with Crippen molar-refractivity contribution in [1.82, 2.24) is 0 Å². The summed E-state index contributed by atoms with van der Waals surface area (Å²) in [5, 5.41) is 3.71. The van der Waals surface area contributed by atoms with Crippen LogP contribution in [-0.4, -0.2) is 11.8 Å². The summed E-state index contributed by atoms with van der Waals surface area (Å²) in [7, 11) is 0. The second-order valence-electron chi connectivity index (χ2n) is 5.46. The van der Waals surface area contributed by atoms with E-state index in [1.165, 1.54) is 33.5 Å². The molecule has 0 unspecified atom stereocenters. The van der Waals surface area contributed by atoms with Crippen LogP contribution in [0.4, 0.5) is 5.69 Å². The molecule has 1 N–H and O–H groups in total. The smallest absolute Gasteiger partial charge is 0.0480 e. The highest BCUT2D eigenvalue weighted by Gasteiger charge is 2.31. The number of hydrogen-bond donors (Lipinski definition) is 1. The van der Waals surface area contributed by atoms with Gasteiger partial charge in [0.1, 0.15) is 0 Å². The maximum absolute atomic E-state index is 3.71. The molecule has 3 rings (SSSR count). The molecule has 3 heteroatoms. The van der Waals surface area contributed by atoms with Crippen LogP contribution in [0.15, 0.2) is 57.9 Å². The minimum atomic E-state index is 0.598. The second-order valence-corrected chi connectivity index (χ2v) is 7.62. The molecule has 0 radical (unpaired) electrons. The van der Waals surface area contributed by atoms with Gasteiger partial charge < -0.3 is 5.32 Å². The number of anilines is 1. The zero-order chi connectivity index (χ0) is 14.7. The van der Waals surface area contributed by atoms with Crippen molar-refractivity contribution in [2.24, 2.45) is 0 Å². The Hall–Kier alpha value is -0.930. The third kappa shape index (κ3) is 3.46. The van der Waals surface area contributed by atoms with Crippen LogP contribution < -0.4 is 5.32 Å². The maximum atomic E-state index is 3.71. The van der Waals surface area contributed by atoms with Crippen LogP contribution in [-0.2, 0) is 0 Å². The summed E-state index contributed by atoms with van der Waals surface area (Å²) in [6.07, 6.45) is 2.43. The van der Waals surface area contributed by atoms with Gasteiger partial charge >= 0.3 is 0 Å². The standard InChI is InChI=1S/C18H20BrNS/c1-2-21-18-10-6-5-9-17(18)20-14-11-13(12-14)15-7-3-4-8-16(15)19/h3-10,13-14,20H,2,11-12H2,1H3. The molecule has 2 aromatic rings. The van der Waals surface area contributed by atoms with Gasteiger partial charge in [-0.3, -0.25) is 0 Å². The number of benzene rings is 2. The van der Waals surface area contributed by atoms with E-state index >= 15 is 0 Å². The fraction of sp³-hybridized carbons (Fsp3) is 0.333. The van der Waals surface area contributed by atoms with E-state index in [1.54, 1.807) is 0 Å². The van der Waals surface area contributed by atoms with Gasteiger partial charge in [0.25, 0.3) is 0 Å². The van der Waals surface area contributed by atoms with Gasteiger partial charge in [-0.2, -0.15) is 0 Å². The lowest BCUT2D eigenvalue weighted by atomic mass is 9.76. The number of para-hydroxylation sites is 1. The van der Waals surface area contributed by atoms with Crippen LogP contribution >= 0.6 is 27.7 Å². The molecule has 0 aliphatic heterocycles. The number of hydrogen-bond acceptors (Lipinski definition) is 2. The summed E-state index contributed by atoms with van der Waals surface area (Å²) in [5.41, 5.74) is 2.74. The van der Waals surface area contributed by atoms with Gasteiger partial charge in [0.15, 0.2) is 0 Å². The fourth-order valence-corrected chi connectivity index (χ4v) is 4.26. The van der Waals surface area contributed by atoms with Crippen molar-refractivity contribution < 1.29 is 0 Å². The van der Waals surface area contributed by atoms with Crippen LogP contribution in [0.25, 0.3) is 0 Å². The van der Waals surface area contributed by atoms with E-state index in [-0.39, 0.29) is 0 Å². The van der Waals surface area contributed by atoms with E-state index in [2.05, 4.69) is 76.7 Å². The van der Waals surface area contributed by atoms with Crippen molar-refractivity contribution in [3.8, 4) is 0 Å². The number of rotatable bonds is 5. The van der Waals surface area contributed by atoms with E-state index in [0.29, 0.717) is 12.0 Å². The van der Waals surface area contributed by atoms with Crippen molar-refractivity contribution >= 4 is 33.4 Å². The van der Waals surface area contributed by atoms with Gasteiger partial charge in [-0.25, -0.2) is 0 Å².